The van der Waals surface area contributed by atoms with E-state index in [2.05, 4.69) is 22.1 Å². The Labute approximate surface area is 146 Å². The number of benzene rings is 1. The highest BCUT2D eigenvalue weighted by Gasteiger charge is 2.25. The first-order chi connectivity index (χ1) is 12.2. The molecule has 1 aliphatic heterocycles. The first-order valence-electron chi connectivity index (χ1n) is 8.39. The van der Waals surface area contributed by atoms with Gasteiger partial charge < -0.3 is 4.90 Å². The summed E-state index contributed by atoms with van der Waals surface area (Å²) >= 11 is 0. The molecule has 0 spiro atoms. The summed E-state index contributed by atoms with van der Waals surface area (Å²) in [6, 6.07) is 10.3. The Morgan fingerprint density at radius 1 is 1.08 bits per heavy atom. The Balaban J connectivity index is 1.61. The van der Waals surface area contributed by atoms with Crippen LogP contribution in [0.2, 0.25) is 0 Å². The van der Waals surface area contributed by atoms with Gasteiger partial charge in [0.1, 0.15) is 5.69 Å². The minimum atomic E-state index is -0.0658. The molecule has 0 aliphatic carbocycles. The van der Waals surface area contributed by atoms with Gasteiger partial charge in [0.2, 0.25) is 0 Å². The first kappa shape index (κ1) is 15.5. The van der Waals surface area contributed by atoms with Crippen molar-refractivity contribution >= 4 is 5.91 Å². The van der Waals surface area contributed by atoms with E-state index >= 15 is 0 Å². The summed E-state index contributed by atoms with van der Waals surface area (Å²) in [6.07, 6.45) is 6.19. The molecule has 126 valence electrons. The third-order valence-corrected chi connectivity index (χ3v) is 4.60. The molecule has 3 aromatic rings. The number of hydrogen-bond donors (Lipinski definition) is 0. The van der Waals surface area contributed by atoms with E-state index in [1.807, 2.05) is 34.8 Å². The normalized spacial score (nSPS) is 14.0. The summed E-state index contributed by atoms with van der Waals surface area (Å²) < 4.78 is 1.96. The number of hydrogen-bond acceptors (Lipinski definition) is 4. The van der Waals surface area contributed by atoms with Gasteiger partial charge in [0.05, 0.1) is 17.6 Å². The topological polar surface area (TPSA) is 63.9 Å². The van der Waals surface area contributed by atoms with Crippen molar-refractivity contribution in [2.45, 2.75) is 12.8 Å². The fraction of sp³-hybridized carbons (Fsp3) is 0.263. The minimum Gasteiger partial charge on any atom is -0.337 e. The fourth-order valence-electron chi connectivity index (χ4n) is 3.42. The van der Waals surface area contributed by atoms with Crippen molar-refractivity contribution in [1.82, 2.24) is 24.6 Å². The van der Waals surface area contributed by atoms with Crippen LogP contribution in [-0.4, -0.2) is 43.6 Å². The van der Waals surface area contributed by atoms with Gasteiger partial charge in [-0.15, -0.1) is 0 Å². The summed E-state index contributed by atoms with van der Waals surface area (Å²) in [7, 11) is 1.99. The Hall–Kier alpha value is -3.02. The molecule has 0 radical (unpaired) electrons. The molecule has 6 nitrogen and oxygen atoms in total. The van der Waals surface area contributed by atoms with Crippen molar-refractivity contribution < 1.29 is 4.79 Å². The van der Waals surface area contributed by atoms with Crippen LogP contribution in [-0.2, 0) is 19.9 Å². The van der Waals surface area contributed by atoms with E-state index in [4.69, 9.17) is 5.10 Å². The van der Waals surface area contributed by atoms with Gasteiger partial charge >= 0.3 is 0 Å². The molecule has 0 unspecified atom stereocenters. The van der Waals surface area contributed by atoms with Gasteiger partial charge in [0, 0.05) is 50.1 Å². The van der Waals surface area contributed by atoms with E-state index in [0.29, 0.717) is 18.8 Å². The molecule has 1 aromatic carbocycles. The lowest BCUT2D eigenvalue weighted by Gasteiger charge is -2.19. The van der Waals surface area contributed by atoms with Crippen LogP contribution in [0.3, 0.4) is 0 Å². The van der Waals surface area contributed by atoms with E-state index < -0.39 is 0 Å². The van der Waals surface area contributed by atoms with Gasteiger partial charge in [-0.1, -0.05) is 30.3 Å². The van der Waals surface area contributed by atoms with Crippen LogP contribution in [0, 0.1) is 0 Å². The van der Waals surface area contributed by atoms with Crippen molar-refractivity contribution in [1.29, 1.82) is 0 Å². The highest BCUT2D eigenvalue weighted by Crippen LogP contribution is 2.28. The average molecular weight is 333 g/mol. The molecular weight excluding hydrogens is 314 g/mol. The van der Waals surface area contributed by atoms with Crippen molar-refractivity contribution in [2.75, 3.05) is 13.1 Å². The summed E-state index contributed by atoms with van der Waals surface area (Å²) in [5, 5.41) is 4.70. The van der Waals surface area contributed by atoms with E-state index in [-0.39, 0.29) is 5.91 Å². The minimum absolute atomic E-state index is 0.0658. The lowest BCUT2D eigenvalue weighted by molar-refractivity contribution is 0.0756. The van der Waals surface area contributed by atoms with Crippen LogP contribution < -0.4 is 0 Å². The maximum atomic E-state index is 12.6. The molecule has 1 amide bonds. The Bertz CT molecular complexity index is 889. The van der Waals surface area contributed by atoms with Crippen molar-refractivity contribution in [3.05, 3.63) is 65.9 Å². The zero-order valence-corrected chi connectivity index (χ0v) is 14.1. The second kappa shape index (κ2) is 6.47. The molecular formula is C19H19N5O. The summed E-state index contributed by atoms with van der Waals surface area (Å²) in [6.45, 7) is 1.31. The SMILES string of the molecule is Cn1nc2c(c1-c1ccccc1)CCN(C(=O)c1cnccn1)CC2. The number of nitrogens with zero attached hydrogens (tertiary/aromatic N) is 5. The third kappa shape index (κ3) is 2.91. The van der Waals surface area contributed by atoms with Gasteiger partial charge in [-0.05, 0) is 6.42 Å². The molecule has 3 heterocycles. The van der Waals surface area contributed by atoms with Gasteiger partial charge in [-0.2, -0.15) is 5.10 Å². The lowest BCUT2D eigenvalue weighted by Crippen LogP contribution is -2.34. The highest BCUT2D eigenvalue weighted by atomic mass is 16.2. The van der Waals surface area contributed by atoms with Crippen LogP contribution in [0.1, 0.15) is 21.7 Å². The highest BCUT2D eigenvalue weighted by molar-refractivity contribution is 5.92. The summed E-state index contributed by atoms with van der Waals surface area (Å²) in [4.78, 5) is 22.6. The second-order valence-electron chi connectivity index (χ2n) is 6.15. The number of aromatic nitrogens is 4. The molecule has 25 heavy (non-hydrogen) atoms. The third-order valence-electron chi connectivity index (χ3n) is 4.60. The molecule has 0 fully saturated rings. The Morgan fingerprint density at radius 3 is 2.64 bits per heavy atom. The van der Waals surface area contributed by atoms with Crippen LogP contribution in [0.4, 0.5) is 0 Å². The molecule has 0 saturated heterocycles. The molecule has 0 saturated carbocycles. The van der Waals surface area contributed by atoms with Crippen LogP contribution in [0.25, 0.3) is 11.3 Å². The molecule has 0 N–H and O–H groups in total. The fourth-order valence-corrected chi connectivity index (χ4v) is 3.42. The number of aryl methyl sites for hydroxylation is 1. The van der Waals surface area contributed by atoms with Crippen LogP contribution >= 0.6 is 0 Å². The van der Waals surface area contributed by atoms with Gasteiger partial charge in [-0.25, -0.2) is 4.98 Å². The van der Waals surface area contributed by atoms with Crippen LogP contribution in [0.5, 0.6) is 0 Å². The lowest BCUT2D eigenvalue weighted by atomic mass is 10.0. The smallest absolute Gasteiger partial charge is 0.274 e. The molecule has 2 aromatic heterocycles. The van der Waals surface area contributed by atoms with E-state index in [1.54, 1.807) is 12.4 Å². The number of amides is 1. The zero-order valence-electron chi connectivity index (χ0n) is 14.1. The van der Waals surface area contributed by atoms with Gasteiger partial charge in [0.25, 0.3) is 5.91 Å². The van der Waals surface area contributed by atoms with Crippen LogP contribution in [0.15, 0.2) is 48.9 Å². The quantitative estimate of drug-likeness (QED) is 0.720. The number of fused-ring (bicyclic) bond motifs is 1. The molecule has 4 rings (SSSR count). The number of rotatable bonds is 2. The second-order valence-corrected chi connectivity index (χ2v) is 6.15. The number of carbonyl (C=O) groups is 1. The van der Waals surface area contributed by atoms with Gasteiger partial charge in [0.15, 0.2) is 0 Å². The Kier molecular flexibility index (Phi) is 4.01. The standard InChI is InChI=1S/C19H19N5O/c1-23-18(14-5-3-2-4-6-14)15-7-11-24(12-8-16(15)22-23)19(25)17-13-20-9-10-21-17/h2-6,9-10,13H,7-8,11-12H2,1H3. The van der Waals surface area contributed by atoms with E-state index in [1.165, 1.54) is 11.8 Å². The molecule has 0 atom stereocenters. The van der Waals surface area contributed by atoms with E-state index in [9.17, 15) is 4.79 Å². The summed E-state index contributed by atoms with van der Waals surface area (Å²) in [5.41, 5.74) is 5.02. The zero-order chi connectivity index (χ0) is 17.2. The maximum absolute atomic E-state index is 12.6. The predicted molar refractivity (Wildman–Crippen MR) is 94.0 cm³/mol. The average Bonchev–Trinajstić information content (AvgIpc) is 2.84. The first-order valence-corrected chi connectivity index (χ1v) is 8.39. The summed E-state index contributed by atoms with van der Waals surface area (Å²) in [5.74, 6) is -0.0658. The molecule has 6 heteroatoms. The molecule has 1 aliphatic rings. The van der Waals surface area contributed by atoms with Crippen molar-refractivity contribution in [2.24, 2.45) is 7.05 Å². The number of carbonyl (C=O) groups excluding carboxylic acids is 1. The predicted octanol–water partition coefficient (Wildman–Crippen LogP) is 2.12. The Morgan fingerprint density at radius 2 is 1.88 bits per heavy atom. The maximum Gasteiger partial charge on any atom is 0.274 e. The van der Waals surface area contributed by atoms with Gasteiger partial charge in [-0.3, -0.25) is 14.5 Å². The largest absolute Gasteiger partial charge is 0.337 e. The monoisotopic (exact) mass is 333 g/mol. The van der Waals surface area contributed by atoms with E-state index in [0.717, 1.165) is 29.8 Å². The molecule has 0 bridgehead atoms. The van der Waals surface area contributed by atoms with Crippen molar-refractivity contribution in [3.8, 4) is 11.3 Å². The van der Waals surface area contributed by atoms with Crippen molar-refractivity contribution in [3.63, 3.8) is 0 Å².